The molecule has 7 heteroatoms. The number of esters is 1. The first-order valence-corrected chi connectivity index (χ1v) is 16.1. The molecule has 5 aliphatic rings. The summed E-state index contributed by atoms with van der Waals surface area (Å²) >= 11 is 0. The Labute approximate surface area is 245 Å². The fraction of sp³-hybridized carbons (Fsp3) is 0.824. The molecule has 7 nitrogen and oxygen atoms in total. The van der Waals surface area contributed by atoms with Gasteiger partial charge in [0.2, 0.25) is 0 Å². The highest BCUT2D eigenvalue weighted by atomic mass is 16.5. The van der Waals surface area contributed by atoms with Gasteiger partial charge in [0.25, 0.3) is 0 Å². The molecule has 226 valence electrons. The summed E-state index contributed by atoms with van der Waals surface area (Å²) in [5.41, 5.74) is 1.41. The zero-order valence-corrected chi connectivity index (χ0v) is 26.2. The smallest absolute Gasteiger partial charge is 0.312 e. The summed E-state index contributed by atoms with van der Waals surface area (Å²) in [5, 5.41) is 17.8. The minimum atomic E-state index is -0.450. The van der Waals surface area contributed by atoms with Crippen molar-refractivity contribution in [2.75, 3.05) is 7.11 Å². The topological polar surface area (TPSA) is 94.3 Å². The number of rotatable bonds is 5. The molecule has 1 aromatic heterocycles. The van der Waals surface area contributed by atoms with Crippen LogP contribution in [0.3, 0.4) is 0 Å². The summed E-state index contributed by atoms with van der Waals surface area (Å²) in [4.78, 5) is 26.8. The molecule has 1 N–H and O–H groups in total. The van der Waals surface area contributed by atoms with Crippen molar-refractivity contribution in [1.29, 1.82) is 0 Å². The number of carbonyl (C=O) groups excluding carboxylic acids is 2. The maximum absolute atomic E-state index is 13.7. The Bertz CT molecular complexity index is 1250. The van der Waals surface area contributed by atoms with Crippen LogP contribution in [0.15, 0.2) is 18.3 Å². The minimum absolute atomic E-state index is 0.0290. The van der Waals surface area contributed by atoms with Gasteiger partial charge in [-0.3, -0.25) is 9.59 Å². The highest BCUT2D eigenvalue weighted by Gasteiger charge is 2.72. The molecule has 1 heterocycles. The van der Waals surface area contributed by atoms with Crippen LogP contribution in [0.4, 0.5) is 0 Å². The van der Waals surface area contributed by atoms with Gasteiger partial charge in [-0.1, -0.05) is 52.0 Å². The van der Waals surface area contributed by atoms with Crippen LogP contribution < -0.4 is 0 Å². The van der Waals surface area contributed by atoms with E-state index in [1.807, 2.05) is 0 Å². The van der Waals surface area contributed by atoms with Crippen molar-refractivity contribution in [3.05, 3.63) is 24.0 Å². The zero-order chi connectivity index (χ0) is 29.6. The molecule has 0 bridgehead atoms. The molecule has 41 heavy (non-hydrogen) atoms. The predicted octanol–water partition coefficient (Wildman–Crippen LogP) is 6.15. The molecule has 6 rings (SSSR count). The van der Waals surface area contributed by atoms with Crippen molar-refractivity contribution in [3.63, 3.8) is 0 Å². The van der Waals surface area contributed by atoms with Gasteiger partial charge in [-0.05, 0) is 104 Å². The minimum Gasteiger partial charge on any atom is -0.469 e. The van der Waals surface area contributed by atoms with E-state index in [0.29, 0.717) is 42.2 Å². The lowest BCUT2D eigenvalue weighted by molar-refractivity contribution is -0.235. The lowest BCUT2D eigenvalue weighted by Gasteiger charge is -2.72. The number of aromatic nitrogens is 3. The number of nitrogens with zero attached hydrogens (tertiary/aromatic N) is 3. The summed E-state index contributed by atoms with van der Waals surface area (Å²) in [6.45, 7) is 17.1. The maximum Gasteiger partial charge on any atom is 0.312 e. The van der Waals surface area contributed by atoms with Crippen LogP contribution >= 0.6 is 0 Å². The fourth-order valence-electron chi connectivity index (χ4n) is 12.2. The molecule has 0 unspecified atom stereocenters. The molecule has 5 fully saturated rings. The van der Waals surface area contributed by atoms with Crippen molar-refractivity contribution in [3.8, 4) is 0 Å². The largest absolute Gasteiger partial charge is 0.469 e. The molecule has 5 saturated carbocycles. The predicted molar refractivity (Wildman–Crippen MR) is 156 cm³/mol. The molecule has 0 spiro atoms. The Morgan fingerprint density at radius 2 is 1.78 bits per heavy atom. The average molecular weight is 566 g/mol. The number of ether oxygens (including phenoxy) is 1. The van der Waals surface area contributed by atoms with Gasteiger partial charge in [0.05, 0.1) is 31.9 Å². The first-order valence-electron chi connectivity index (χ1n) is 16.1. The van der Waals surface area contributed by atoms with Crippen LogP contribution in [-0.2, 0) is 27.5 Å². The summed E-state index contributed by atoms with van der Waals surface area (Å²) < 4.78 is 7.35. The molecule has 0 amide bonds. The van der Waals surface area contributed by atoms with Gasteiger partial charge in [0.15, 0.2) is 0 Å². The number of hydrogen-bond acceptors (Lipinski definition) is 6. The van der Waals surface area contributed by atoms with Crippen LogP contribution in [0, 0.1) is 56.7 Å². The fourth-order valence-corrected chi connectivity index (χ4v) is 12.2. The molecule has 0 aromatic carbocycles. The third-order valence-electron chi connectivity index (χ3n) is 14.4. The van der Waals surface area contributed by atoms with E-state index in [1.54, 1.807) is 18.0 Å². The summed E-state index contributed by atoms with van der Waals surface area (Å²) in [7, 11) is 1.56. The highest BCUT2D eigenvalue weighted by Crippen LogP contribution is 2.77. The molecule has 5 aliphatic carbocycles. The van der Waals surface area contributed by atoms with E-state index < -0.39 is 5.41 Å². The van der Waals surface area contributed by atoms with Gasteiger partial charge in [0, 0.05) is 11.8 Å². The van der Waals surface area contributed by atoms with Gasteiger partial charge in [0.1, 0.15) is 11.5 Å². The Kier molecular flexibility index (Phi) is 6.73. The summed E-state index contributed by atoms with van der Waals surface area (Å²) in [6.07, 6.45) is 11.8. The quantitative estimate of drug-likeness (QED) is 0.340. The van der Waals surface area contributed by atoms with Gasteiger partial charge >= 0.3 is 5.97 Å². The van der Waals surface area contributed by atoms with Crippen molar-refractivity contribution < 1.29 is 19.4 Å². The summed E-state index contributed by atoms with van der Waals surface area (Å²) in [6, 6.07) is 0. The Morgan fingerprint density at radius 3 is 2.46 bits per heavy atom. The van der Waals surface area contributed by atoms with Gasteiger partial charge in [-0.2, -0.15) is 0 Å². The lowest BCUT2D eigenvalue weighted by atomic mass is 9.32. The third-order valence-corrected chi connectivity index (χ3v) is 14.4. The second-order valence-corrected chi connectivity index (χ2v) is 15.9. The van der Waals surface area contributed by atoms with Crippen LogP contribution in [0.25, 0.3) is 0 Å². The van der Waals surface area contributed by atoms with E-state index in [0.717, 1.165) is 56.9 Å². The van der Waals surface area contributed by atoms with Crippen LogP contribution in [-0.4, -0.2) is 39.0 Å². The standard InChI is InChI=1S/C34H51N3O4/c1-21(18-37-19-22(20-38)35-36-37)23-10-15-34(29(40)41-7)17-16-32(5)24(28(23)34)8-9-26-31(4)13-12-27(39)30(2,3)25(31)11-14-33(26,32)6/h19,23-26,28,38H,1,8-18,20H2,2-7H3/t23-,24+,25-,26+,28+,31-,32+,33+,34-/m0/s1. The average Bonchev–Trinajstić information content (AvgIpc) is 3.56. The molecule has 1 aromatic rings. The molecule has 9 atom stereocenters. The Hall–Kier alpha value is -2.02. The van der Waals surface area contributed by atoms with Crippen molar-refractivity contribution in [2.24, 2.45) is 56.7 Å². The SMILES string of the molecule is C=C(Cn1cc(CO)nn1)[C@@H]1CC[C@]2(C(=O)OC)CC[C@]3(C)[C@H](CC[C@@H]4[C@@]5(C)CCC(=O)C(C)(C)[C@@H]5CC[C@]43C)[C@@H]12. The van der Waals surface area contributed by atoms with E-state index in [1.165, 1.54) is 6.42 Å². The van der Waals surface area contributed by atoms with Crippen LogP contribution in [0.2, 0.25) is 0 Å². The molecular formula is C34H51N3O4. The van der Waals surface area contributed by atoms with E-state index >= 15 is 0 Å². The number of aliphatic hydroxyl groups excluding tert-OH is 1. The van der Waals surface area contributed by atoms with E-state index in [9.17, 15) is 14.7 Å². The molecule has 0 saturated heterocycles. The maximum atomic E-state index is 13.7. The first kappa shape index (κ1) is 29.1. The van der Waals surface area contributed by atoms with Crippen LogP contribution in [0.1, 0.15) is 105 Å². The van der Waals surface area contributed by atoms with Gasteiger partial charge in [-0.15, -0.1) is 5.10 Å². The van der Waals surface area contributed by atoms with E-state index in [4.69, 9.17) is 4.74 Å². The number of Topliss-reactive ketones (excluding diaryl/α,β-unsaturated/α-hetero) is 1. The molecular weight excluding hydrogens is 514 g/mol. The molecule has 0 radical (unpaired) electrons. The lowest BCUT2D eigenvalue weighted by Crippen LogP contribution is -2.66. The van der Waals surface area contributed by atoms with Gasteiger partial charge in [-0.25, -0.2) is 4.68 Å². The number of ketones is 1. The first-order chi connectivity index (χ1) is 19.3. The molecule has 0 aliphatic heterocycles. The second-order valence-electron chi connectivity index (χ2n) is 15.9. The zero-order valence-electron chi connectivity index (χ0n) is 26.2. The van der Waals surface area contributed by atoms with Crippen molar-refractivity contribution in [2.45, 2.75) is 112 Å². The summed E-state index contributed by atoms with van der Waals surface area (Å²) in [5.74, 6) is 2.30. The number of methoxy groups -OCH3 is 1. The van der Waals surface area contributed by atoms with Crippen molar-refractivity contribution in [1.82, 2.24) is 15.0 Å². The highest BCUT2D eigenvalue weighted by molar-refractivity contribution is 5.85. The van der Waals surface area contributed by atoms with E-state index in [-0.39, 0.29) is 46.1 Å². The monoisotopic (exact) mass is 565 g/mol. The number of allylic oxidation sites excluding steroid dienone is 1. The van der Waals surface area contributed by atoms with Crippen LogP contribution in [0.5, 0.6) is 0 Å². The normalized spacial score (nSPS) is 44.8. The second kappa shape index (κ2) is 9.49. The van der Waals surface area contributed by atoms with Gasteiger partial charge < -0.3 is 9.84 Å². The Morgan fingerprint density at radius 1 is 1.02 bits per heavy atom. The number of fused-ring (bicyclic) bond motifs is 7. The van der Waals surface area contributed by atoms with E-state index in [2.05, 4.69) is 51.5 Å². The Balaban J connectivity index is 1.36. The van der Waals surface area contributed by atoms with Crippen molar-refractivity contribution >= 4 is 11.8 Å². The number of carbonyl (C=O) groups is 2. The number of aliphatic hydroxyl groups is 1. The third kappa shape index (κ3) is 3.78. The number of hydrogen-bond donors (Lipinski definition) is 1.